The number of aromatic nitrogens is 1. The average Bonchev–Trinajstić information content (AvgIpc) is 2.94. The van der Waals surface area contributed by atoms with Crippen LogP contribution in [0.4, 0.5) is 5.13 Å². The van der Waals surface area contributed by atoms with Gasteiger partial charge in [-0.05, 0) is 24.3 Å². The summed E-state index contributed by atoms with van der Waals surface area (Å²) in [6.45, 7) is 0.712. The van der Waals surface area contributed by atoms with E-state index >= 15 is 0 Å². The van der Waals surface area contributed by atoms with E-state index in [1.165, 1.54) is 0 Å². The lowest BCUT2D eigenvalue weighted by Crippen LogP contribution is -1.96. The highest BCUT2D eigenvalue weighted by molar-refractivity contribution is 7.22. The van der Waals surface area contributed by atoms with Gasteiger partial charge in [0.15, 0.2) is 5.13 Å². The molecule has 0 bridgehead atoms. The summed E-state index contributed by atoms with van der Waals surface area (Å²) in [5.41, 5.74) is 2.07. The Morgan fingerprint density at radius 2 is 2.29 bits per heavy atom. The number of anilines is 1. The number of rotatable bonds is 3. The first-order chi connectivity index (χ1) is 8.31. The lowest BCUT2D eigenvalue weighted by atomic mass is 10.3. The van der Waals surface area contributed by atoms with Crippen molar-refractivity contribution in [3.05, 3.63) is 47.4 Å². The van der Waals surface area contributed by atoms with E-state index in [-0.39, 0.29) is 0 Å². The van der Waals surface area contributed by atoms with Crippen LogP contribution in [-0.4, -0.2) is 4.98 Å². The van der Waals surface area contributed by atoms with Crippen LogP contribution in [0.2, 0.25) is 5.02 Å². The molecule has 0 amide bonds. The normalized spacial score (nSPS) is 10.9. The Morgan fingerprint density at radius 3 is 3.12 bits per heavy atom. The van der Waals surface area contributed by atoms with Crippen LogP contribution >= 0.6 is 22.9 Å². The van der Waals surface area contributed by atoms with Gasteiger partial charge in [0.05, 0.1) is 22.7 Å². The summed E-state index contributed by atoms with van der Waals surface area (Å²) in [6.07, 6.45) is 3.38. The third kappa shape index (κ3) is 2.28. The van der Waals surface area contributed by atoms with Crippen molar-refractivity contribution in [3.63, 3.8) is 0 Å². The van der Waals surface area contributed by atoms with Crippen molar-refractivity contribution < 1.29 is 4.42 Å². The van der Waals surface area contributed by atoms with Crippen LogP contribution in [0, 0.1) is 0 Å². The maximum Gasteiger partial charge on any atom is 0.184 e. The molecule has 0 atom stereocenters. The third-order valence-electron chi connectivity index (χ3n) is 2.37. The van der Waals surface area contributed by atoms with Crippen molar-refractivity contribution in [1.82, 2.24) is 4.98 Å². The van der Waals surface area contributed by atoms with Gasteiger partial charge in [-0.2, -0.15) is 0 Å². The van der Waals surface area contributed by atoms with E-state index in [1.807, 2.05) is 24.3 Å². The summed E-state index contributed by atoms with van der Waals surface area (Å²) in [7, 11) is 0. The van der Waals surface area contributed by atoms with E-state index in [2.05, 4.69) is 10.3 Å². The van der Waals surface area contributed by atoms with Crippen molar-refractivity contribution in [3.8, 4) is 0 Å². The molecule has 86 valence electrons. The van der Waals surface area contributed by atoms with Gasteiger partial charge in [-0.1, -0.05) is 22.9 Å². The Morgan fingerprint density at radius 1 is 1.35 bits per heavy atom. The fourth-order valence-electron chi connectivity index (χ4n) is 1.54. The maximum atomic E-state index is 5.93. The lowest BCUT2D eigenvalue weighted by Gasteiger charge is -1.97. The van der Waals surface area contributed by atoms with Crippen molar-refractivity contribution in [1.29, 1.82) is 0 Å². The molecule has 0 saturated carbocycles. The molecule has 3 nitrogen and oxygen atoms in total. The van der Waals surface area contributed by atoms with Crippen LogP contribution < -0.4 is 5.32 Å². The highest BCUT2D eigenvalue weighted by Crippen LogP contribution is 2.28. The fraction of sp³-hybridized carbons (Fsp3) is 0.0833. The first kappa shape index (κ1) is 10.6. The Bertz CT molecular complexity index is 633. The van der Waals surface area contributed by atoms with Crippen LogP contribution in [0.1, 0.15) is 5.56 Å². The molecular weight excluding hydrogens is 256 g/mol. The molecule has 0 fully saturated rings. The van der Waals surface area contributed by atoms with Gasteiger partial charge in [-0.3, -0.25) is 0 Å². The molecule has 2 heterocycles. The number of nitrogens with one attached hydrogen (secondary N) is 1. The van der Waals surface area contributed by atoms with Crippen LogP contribution in [0.3, 0.4) is 0 Å². The molecule has 0 unspecified atom stereocenters. The molecule has 3 rings (SSSR count). The number of furan rings is 1. The monoisotopic (exact) mass is 264 g/mol. The zero-order chi connectivity index (χ0) is 11.7. The Kier molecular flexibility index (Phi) is 2.74. The minimum atomic E-state index is 0.712. The van der Waals surface area contributed by atoms with Crippen LogP contribution in [-0.2, 0) is 6.54 Å². The molecule has 0 radical (unpaired) electrons. The summed E-state index contributed by atoms with van der Waals surface area (Å²) in [6, 6.07) is 7.63. The molecule has 1 aromatic carbocycles. The summed E-state index contributed by atoms with van der Waals surface area (Å²) < 4.78 is 6.09. The van der Waals surface area contributed by atoms with Gasteiger partial charge >= 0.3 is 0 Å². The van der Waals surface area contributed by atoms with Crippen molar-refractivity contribution in [2.24, 2.45) is 0 Å². The van der Waals surface area contributed by atoms with Gasteiger partial charge in [-0.15, -0.1) is 0 Å². The van der Waals surface area contributed by atoms with E-state index < -0.39 is 0 Å². The second-order valence-corrected chi connectivity index (χ2v) is 5.08. The predicted molar refractivity (Wildman–Crippen MR) is 70.7 cm³/mol. The molecule has 0 aliphatic heterocycles. The van der Waals surface area contributed by atoms with E-state index in [9.17, 15) is 0 Å². The number of benzene rings is 1. The SMILES string of the molecule is Clc1ccc2nc(NCc3ccoc3)sc2c1. The van der Waals surface area contributed by atoms with Crippen molar-refractivity contribution >= 4 is 38.3 Å². The number of nitrogens with zero attached hydrogens (tertiary/aromatic N) is 1. The smallest absolute Gasteiger partial charge is 0.184 e. The van der Waals surface area contributed by atoms with E-state index in [4.69, 9.17) is 16.0 Å². The molecule has 3 aromatic rings. The topological polar surface area (TPSA) is 38.1 Å². The van der Waals surface area contributed by atoms with Crippen molar-refractivity contribution in [2.75, 3.05) is 5.32 Å². The number of thiazole rings is 1. The average molecular weight is 265 g/mol. The Balaban J connectivity index is 1.81. The first-order valence-corrected chi connectivity index (χ1v) is 6.32. The third-order valence-corrected chi connectivity index (χ3v) is 3.59. The molecule has 2 aromatic heterocycles. The van der Waals surface area contributed by atoms with Crippen LogP contribution in [0.25, 0.3) is 10.2 Å². The number of hydrogen-bond acceptors (Lipinski definition) is 4. The highest BCUT2D eigenvalue weighted by Gasteiger charge is 2.04. The molecular formula is C12H9ClN2OS. The molecule has 17 heavy (non-hydrogen) atoms. The predicted octanol–water partition coefficient (Wildman–Crippen LogP) is 4.15. The standard InChI is InChI=1S/C12H9ClN2OS/c13-9-1-2-10-11(5-9)17-12(15-10)14-6-8-3-4-16-7-8/h1-5,7H,6H2,(H,14,15). The second kappa shape index (κ2) is 4.39. The maximum absolute atomic E-state index is 5.93. The lowest BCUT2D eigenvalue weighted by molar-refractivity contribution is 0.564. The van der Waals surface area contributed by atoms with Crippen LogP contribution in [0.5, 0.6) is 0 Å². The summed E-state index contributed by atoms with van der Waals surface area (Å²) in [5, 5.41) is 4.89. The zero-order valence-corrected chi connectivity index (χ0v) is 10.4. The van der Waals surface area contributed by atoms with Gasteiger partial charge in [0.2, 0.25) is 0 Å². The number of hydrogen-bond donors (Lipinski definition) is 1. The minimum Gasteiger partial charge on any atom is -0.472 e. The van der Waals surface area contributed by atoms with Gasteiger partial charge < -0.3 is 9.73 Å². The highest BCUT2D eigenvalue weighted by atomic mass is 35.5. The molecule has 0 aliphatic rings. The number of halogens is 1. The zero-order valence-electron chi connectivity index (χ0n) is 8.81. The van der Waals surface area contributed by atoms with Crippen molar-refractivity contribution in [2.45, 2.75) is 6.54 Å². The minimum absolute atomic E-state index is 0.712. The Hall–Kier alpha value is -1.52. The van der Waals surface area contributed by atoms with Gasteiger partial charge in [0.25, 0.3) is 0 Å². The molecule has 0 saturated heterocycles. The van der Waals surface area contributed by atoms with E-state index in [0.717, 1.165) is 25.9 Å². The molecule has 1 N–H and O–H groups in total. The number of fused-ring (bicyclic) bond motifs is 1. The quantitative estimate of drug-likeness (QED) is 0.772. The molecule has 0 aliphatic carbocycles. The summed E-state index contributed by atoms with van der Waals surface area (Å²) in [4.78, 5) is 4.47. The fourth-order valence-corrected chi connectivity index (χ4v) is 2.68. The molecule has 0 spiro atoms. The van der Waals surface area contributed by atoms with Gasteiger partial charge in [0.1, 0.15) is 0 Å². The largest absolute Gasteiger partial charge is 0.472 e. The van der Waals surface area contributed by atoms with E-state index in [1.54, 1.807) is 23.9 Å². The van der Waals surface area contributed by atoms with E-state index in [0.29, 0.717) is 6.54 Å². The van der Waals surface area contributed by atoms with Gasteiger partial charge in [0, 0.05) is 17.1 Å². The van der Waals surface area contributed by atoms with Gasteiger partial charge in [-0.25, -0.2) is 4.98 Å². The first-order valence-electron chi connectivity index (χ1n) is 5.12. The Labute approximate surface area is 107 Å². The molecule has 5 heteroatoms. The summed E-state index contributed by atoms with van der Waals surface area (Å²) >= 11 is 7.53. The van der Waals surface area contributed by atoms with Crippen LogP contribution in [0.15, 0.2) is 41.2 Å². The summed E-state index contributed by atoms with van der Waals surface area (Å²) in [5.74, 6) is 0. The second-order valence-electron chi connectivity index (χ2n) is 3.62.